The zero-order valence-electron chi connectivity index (χ0n) is 13.6. The van der Waals surface area contributed by atoms with E-state index in [1.165, 1.54) is 33.4 Å². The molecule has 0 fully saturated rings. The largest absolute Gasteiger partial charge is 0.632 e. The van der Waals surface area contributed by atoms with E-state index in [1.54, 1.807) is 31.2 Å². The van der Waals surface area contributed by atoms with Crippen LogP contribution in [0.25, 0.3) is 10.9 Å². The summed E-state index contributed by atoms with van der Waals surface area (Å²) in [5.41, 5.74) is 0.981. The van der Waals surface area contributed by atoms with Gasteiger partial charge >= 0.3 is 11.9 Å². The van der Waals surface area contributed by atoms with Crippen LogP contribution in [0.2, 0.25) is 0 Å². The fourth-order valence-electron chi connectivity index (χ4n) is 2.72. The molecule has 128 valence electrons. The first kappa shape index (κ1) is 16.6. The molecule has 0 bridgehead atoms. The Labute approximate surface area is 143 Å². The molecule has 0 aliphatic rings. The molecular formula is C18H18FN3O3+2. The van der Waals surface area contributed by atoms with Gasteiger partial charge in [0, 0.05) is 11.8 Å². The average molecular weight is 343 g/mol. The molecule has 3 N–H and O–H groups in total. The lowest BCUT2D eigenvalue weighted by atomic mass is 10.2. The smallest absolute Gasteiger partial charge is 0.459 e. The molecule has 1 amide bonds. The number of nitrogens with one attached hydrogen (secondary N) is 1. The molecule has 25 heavy (non-hydrogen) atoms. The van der Waals surface area contributed by atoms with E-state index in [0.717, 1.165) is 0 Å². The number of aromatic nitrogens is 2. The first-order valence-corrected chi connectivity index (χ1v) is 7.83. The highest BCUT2D eigenvalue weighted by atomic mass is 19.1. The Hall–Kier alpha value is -3.22. The third kappa shape index (κ3) is 3.21. The Bertz CT molecular complexity index is 942. The van der Waals surface area contributed by atoms with Crippen molar-refractivity contribution in [2.75, 3.05) is 5.32 Å². The van der Waals surface area contributed by atoms with E-state index in [2.05, 4.69) is 5.32 Å². The van der Waals surface area contributed by atoms with Gasteiger partial charge in [-0.3, -0.25) is 4.79 Å². The van der Waals surface area contributed by atoms with Gasteiger partial charge in [0.2, 0.25) is 12.1 Å². The normalized spacial score (nSPS) is 10.8. The number of anilines is 1. The van der Waals surface area contributed by atoms with Crippen molar-refractivity contribution in [2.24, 2.45) is 0 Å². The van der Waals surface area contributed by atoms with Crippen LogP contribution in [-0.2, 0) is 17.9 Å². The number of amides is 1. The highest BCUT2D eigenvalue weighted by Gasteiger charge is 2.33. The van der Waals surface area contributed by atoms with Gasteiger partial charge in [-0.2, -0.15) is 0 Å². The zero-order valence-corrected chi connectivity index (χ0v) is 13.6. The van der Waals surface area contributed by atoms with E-state index < -0.39 is 5.82 Å². The molecular weight excluding hydrogens is 325 g/mol. The van der Waals surface area contributed by atoms with Crippen LogP contribution in [0.3, 0.4) is 0 Å². The summed E-state index contributed by atoms with van der Waals surface area (Å²) in [6.45, 7) is 1.95. The quantitative estimate of drug-likeness (QED) is 0.630. The first-order valence-electron chi connectivity index (χ1n) is 7.83. The number of halogens is 1. The van der Waals surface area contributed by atoms with E-state index in [1.807, 2.05) is 0 Å². The third-order valence-electron chi connectivity index (χ3n) is 3.92. The van der Waals surface area contributed by atoms with Crippen LogP contribution in [0.4, 0.5) is 10.1 Å². The summed E-state index contributed by atoms with van der Waals surface area (Å²) >= 11 is 0. The number of hydrogen-bond acceptors (Lipinski definition) is 3. The van der Waals surface area contributed by atoms with Crippen LogP contribution in [0.5, 0.6) is 11.9 Å². The fourth-order valence-corrected chi connectivity index (χ4v) is 2.72. The number of benzene rings is 2. The van der Waals surface area contributed by atoms with Crippen LogP contribution < -0.4 is 14.5 Å². The van der Waals surface area contributed by atoms with Crippen LogP contribution >= 0.6 is 0 Å². The second-order valence-corrected chi connectivity index (χ2v) is 5.53. The minimum atomic E-state index is -0.390. The number of hydrogen-bond donors (Lipinski definition) is 3. The number of aromatic hydroxyl groups is 2. The Balaban J connectivity index is 1.97. The van der Waals surface area contributed by atoms with Crippen molar-refractivity contribution in [1.82, 2.24) is 0 Å². The van der Waals surface area contributed by atoms with Gasteiger partial charge in [-0.1, -0.05) is 21.3 Å². The van der Waals surface area contributed by atoms with Crippen LogP contribution in [0.15, 0.2) is 48.5 Å². The van der Waals surface area contributed by atoms with E-state index in [4.69, 9.17) is 0 Å². The molecule has 1 heterocycles. The van der Waals surface area contributed by atoms with Gasteiger partial charge in [0.1, 0.15) is 5.82 Å². The number of fused-ring (bicyclic) bond motifs is 1. The maximum Gasteiger partial charge on any atom is 0.632 e. The molecule has 0 aliphatic carbocycles. The molecule has 0 unspecified atom stereocenters. The fraction of sp³-hybridized carbons (Fsp3) is 0.167. The molecule has 0 saturated heterocycles. The maximum atomic E-state index is 12.9. The second kappa shape index (κ2) is 6.72. The molecule has 7 heteroatoms. The summed E-state index contributed by atoms with van der Waals surface area (Å²) in [5.74, 6) is -0.838. The van der Waals surface area contributed by atoms with Crippen LogP contribution in [0, 0.1) is 5.82 Å². The van der Waals surface area contributed by atoms with E-state index in [-0.39, 0.29) is 24.3 Å². The predicted octanol–water partition coefficient (Wildman–Crippen LogP) is 1.62. The van der Waals surface area contributed by atoms with Crippen molar-refractivity contribution < 1.29 is 28.5 Å². The average Bonchev–Trinajstić information content (AvgIpc) is 2.61. The van der Waals surface area contributed by atoms with E-state index >= 15 is 0 Å². The summed E-state index contributed by atoms with van der Waals surface area (Å²) < 4.78 is 15.7. The van der Waals surface area contributed by atoms with Gasteiger partial charge in [-0.15, -0.1) is 0 Å². The lowest BCUT2D eigenvalue weighted by Crippen LogP contribution is -2.50. The van der Waals surface area contributed by atoms with Gasteiger partial charge in [0.25, 0.3) is 5.91 Å². The summed E-state index contributed by atoms with van der Waals surface area (Å²) in [6.07, 6.45) is 0. The summed E-state index contributed by atoms with van der Waals surface area (Å²) in [5, 5.41) is 23.9. The molecule has 6 nitrogen and oxygen atoms in total. The highest BCUT2D eigenvalue weighted by molar-refractivity contribution is 5.90. The molecule has 2 aromatic carbocycles. The van der Waals surface area contributed by atoms with Crippen LogP contribution in [-0.4, -0.2) is 16.1 Å². The number of rotatable bonds is 4. The molecule has 0 spiro atoms. The lowest BCUT2D eigenvalue weighted by Gasteiger charge is -2.05. The van der Waals surface area contributed by atoms with Gasteiger partial charge in [0.05, 0.1) is 0 Å². The zero-order chi connectivity index (χ0) is 18.0. The molecule has 3 aromatic rings. The predicted molar refractivity (Wildman–Crippen MR) is 88.4 cm³/mol. The van der Waals surface area contributed by atoms with Crippen molar-refractivity contribution in [1.29, 1.82) is 0 Å². The SMILES string of the molecule is CC[n+]1c(O)c2ccccc2[n+](CC(=O)Nc2ccc(F)cc2)c1O. The first-order chi connectivity index (χ1) is 12.0. The van der Waals surface area contributed by atoms with Gasteiger partial charge in [-0.25, -0.2) is 4.39 Å². The van der Waals surface area contributed by atoms with Crippen LogP contribution in [0.1, 0.15) is 6.92 Å². The van der Waals surface area contributed by atoms with Crippen molar-refractivity contribution >= 4 is 22.5 Å². The Morgan fingerprint density at radius 3 is 2.44 bits per heavy atom. The Kier molecular flexibility index (Phi) is 4.47. The minimum absolute atomic E-state index is 0.0641. The van der Waals surface area contributed by atoms with Gasteiger partial charge in [0.15, 0.2) is 11.9 Å². The maximum absolute atomic E-state index is 12.9. The second-order valence-electron chi connectivity index (χ2n) is 5.53. The van der Waals surface area contributed by atoms with Crippen molar-refractivity contribution in [3.05, 3.63) is 54.3 Å². The van der Waals surface area contributed by atoms with Crippen molar-refractivity contribution in [3.63, 3.8) is 0 Å². The number of carbonyl (C=O) groups is 1. The van der Waals surface area contributed by atoms with Crippen molar-refractivity contribution in [2.45, 2.75) is 20.0 Å². The number of nitrogens with zero attached hydrogens (tertiary/aromatic N) is 2. The molecule has 0 saturated carbocycles. The van der Waals surface area contributed by atoms with Gasteiger partial charge < -0.3 is 15.5 Å². The van der Waals surface area contributed by atoms with Crippen molar-refractivity contribution in [3.8, 4) is 11.9 Å². The highest BCUT2D eigenvalue weighted by Crippen LogP contribution is 2.20. The Morgan fingerprint density at radius 2 is 1.76 bits per heavy atom. The monoisotopic (exact) mass is 343 g/mol. The molecule has 0 radical (unpaired) electrons. The molecule has 0 aliphatic heterocycles. The summed E-state index contributed by atoms with van der Waals surface area (Å²) in [7, 11) is 0. The molecule has 0 atom stereocenters. The number of para-hydroxylation sites is 1. The minimum Gasteiger partial charge on any atom is -0.459 e. The number of carbonyl (C=O) groups excluding carboxylic acids is 1. The molecule has 3 rings (SSSR count). The lowest BCUT2D eigenvalue weighted by molar-refractivity contribution is -0.815. The topological polar surface area (TPSA) is 77.3 Å². The van der Waals surface area contributed by atoms with E-state index in [0.29, 0.717) is 23.1 Å². The standard InChI is InChI=1S/C18H16FN3O3/c1-2-21-17(24)14-5-3-4-6-15(14)22(18(21)25)11-16(23)20-13-9-7-12(19)8-10-13/h3-10H,2,11H2,1H3,(H,20,23)/p+2. The summed E-state index contributed by atoms with van der Waals surface area (Å²) in [6, 6.07) is 12.1. The third-order valence-corrected chi connectivity index (χ3v) is 3.92. The van der Waals surface area contributed by atoms with Gasteiger partial charge in [-0.05, 0) is 37.3 Å². The Morgan fingerprint density at radius 1 is 1.08 bits per heavy atom. The summed E-state index contributed by atoms with van der Waals surface area (Å²) in [4.78, 5) is 12.3. The molecule has 1 aromatic heterocycles. The van der Waals surface area contributed by atoms with E-state index in [9.17, 15) is 19.4 Å².